The number of carbonyl (C=O) groups is 2. The largest absolute Gasteiger partial charge is 0.508 e. The second-order valence-corrected chi connectivity index (χ2v) is 6.33. The molecule has 1 aliphatic carbocycles. The molecule has 136 valence electrons. The molecule has 0 atom stereocenters. The molecule has 2 aromatic carbocycles. The number of methoxy groups -OCH3 is 3. The van der Waals surface area contributed by atoms with Gasteiger partial charge >= 0.3 is 0 Å². The van der Waals surface area contributed by atoms with Gasteiger partial charge in [0.2, 0.25) is 5.78 Å². The van der Waals surface area contributed by atoms with Crippen molar-refractivity contribution in [2.75, 3.05) is 21.3 Å². The maximum Gasteiger partial charge on any atom is 0.202 e. The van der Waals surface area contributed by atoms with Crippen LogP contribution in [0.25, 0.3) is 0 Å². The van der Waals surface area contributed by atoms with Crippen LogP contribution in [0.3, 0.4) is 0 Å². The number of rotatable bonds is 4. The molecule has 0 saturated carbocycles. The Morgan fingerprint density at radius 1 is 0.808 bits per heavy atom. The molecule has 3 rings (SSSR count). The third-order valence-corrected chi connectivity index (χ3v) is 4.53. The van der Waals surface area contributed by atoms with Crippen molar-refractivity contribution in [2.24, 2.45) is 0 Å². The topological polar surface area (TPSA) is 82.1 Å². The molecule has 1 aliphatic rings. The van der Waals surface area contributed by atoms with Crippen molar-refractivity contribution in [2.45, 2.75) is 19.8 Å². The summed E-state index contributed by atoms with van der Waals surface area (Å²) in [6.07, 6.45) is 0. The van der Waals surface area contributed by atoms with Gasteiger partial charge in [0.05, 0.1) is 32.5 Å². The zero-order valence-corrected chi connectivity index (χ0v) is 15.3. The van der Waals surface area contributed by atoms with Crippen LogP contribution in [0.5, 0.6) is 23.0 Å². The fraction of sp³-hybridized carbons (Fsp3) is 0.300. The zero-order chi connectivity index (χ0) is 19.2. The van der Waals surface area contributed by atoms with E-state index in [1.165, 1.54) is 33.5 Å². The number of hydrogen-bond acceptors (Lipinski definition) is 6. The van der Waals surface area contributed by atoms with E-state index >= 15 is 0 Å². The summed E-state index contributed by atoms with van der Waals surface area (Å²) in [7, 11) is 4.35. The molecule has 0 heterocycles. The van der Waals surface area contributed by atoms with Gasteiger partial charge < -0.3 is 19.3 Å². The second kappa shape index (κ2) is 6.37. The lowest BCUT2D eigenvalue weighted by molar-refractivity contribution is 0.0973. The summed E-state index contributed by atoms with van der Waals surface area (Å²) in [6, 6.07) is 4.15. The van der Waals surface area contributed by atoms with E-state index in [0.717, 1.165) is 5.56 Å². The van der Waals surface area contributed by atoms with Crippen molar-refractivity contribution in [1.29, 1.82) is 0 Å². The number of phenolic OH excluding ortho intramolecular Hbond substituents is 1. The monoisotopic (exact) mass is 356 g/mol. The van der Waals surface area contributed by atoms with Crippen LogP contribution in [0.2, 0.25) is 0 Å². The highest BCUT2D eigenvalue weighted by Gasteiger charge is 2.38. The molecule has 6 heteroatoms. The third-order valence-electron chi connectivity index (χ3n) is 4.53. The first-order chi connectivity index (χ1) is 12.3. The summed E-state index contributed by atoms with van der Waals surface area (Å²) in [6.45, 7) is 3.91. The van der Waals surface area contributed by atoms with Gasteiger partial charge in [-0.1, -0.05) is 13.8 Å². The average Bonchev–Trinajstić information content (AvgIpc) is 2.62. The van der Waals surface area contributed by atoms with Gasteiger partial charge in [0.25, 0.3) is 0 Å². The lowest BCUT2D eigenvalue weighted by Gasteiger charge is -2.25. The Bertz CT molecular complexity index is 927. The summed E-state index contributed by atoms with van der Waals surface area (Å²) >= 11 is 0. The third kappa shape index (κ3) is 2.41. The highest BCUT2D eigenvalue weighted by Crippen LogP contribution is 2.45. The minimum Gasteiger partial charge on any atom is -0.508 e. The van der Waals surface area contributed by atoms with Crippen LogP contribution in [0.1, 0.15) is 57.2 Å². The lowest BCUT2D eigenvalue weighted by atomic mass is 9.80. The van der Waals surface area contributed by atoms with E-state index in [0.29, 0.717) is 11.5 Å². The Morgan fingerprint density at radius 2 is 1.42 bits per heavy atom. The van der Waals surface area contributed by atoms with E-state index in [1.54, 1.807) is 6.07 Å². The molecule has 0 unspecified atom stereocenters. The summed E-state index contributed by atoms with van der Waals surface area (Å²) in [5.41, 5.74) is 1.32. The first-order valence-corrected chi connectivity index (χ1v) is 8.14. The van der Waals surface area contributed by atoms with Gasteiger partial charge in [-0.15, -0.1) is 0 Å². The first kappa shape index (κ1) is 17.8. The van der Waals surface area contributed by atoms with Crippen LogP contribution in [-0.2, 0) is 0 Å². The molecule has 0 bridgehead atoms. The van der Waals surface area contributed by atoms with Gasteiger partial charge in [-0.05, 0) is 18.1 Å². The Hall–Kier alpha value is -3.02. The highest BCUT2D eigenvalue weighted by molar-refractivity contribution is 6.30. The van der Waals surface area contributed by atoms with E-state index in [4.69, 9.17) is 14.2 Å². The number of fused-ring (bicyclic) bond motifs is 2. The Balaban J connectivity index is 2.41. The van der Waals surface area contributed by atoms with Crippen LogP contribution in [0.4, 0.5) is 0 Å². The second-order valence-electron chi connectivity index (χ2n) is 6.33. The van der Waals surface area contributed by atoms with Crippen LogP contribution >= 0.6 is 0 Å². The SMILES string of the molecule is COc1cc(O)cc2c1C(=O)c1c(cc(OC)c(C(C)C)c1OC)C2=O. The molecule has 0 spiro atoms. The molecule has 1 N–H and O–H groups in total. The lowest BCUT2D eigenvalue weighted by Crippen LogP contribution is -2.23. The quantitative estimate of drug-likeness (QED) is 0.772. The summed E-state index contributed by atoms with van der Waals surface area (Å²) in [5.74, 6) is 0.0384. The molecule has 0 aliphatic heterocycles. The van der Waals surface area contributed by atoms with Crippen molar-refractivity contribution in [3.05, 3.63) is 46.0 Å². The molecule has 6 nitrogen and oxygen atoms in total. The first-order valence-electron chi connectivity index (χ1n) is 8.14. The smallest absolute Gasteiger partial charge is 0.202 e. The maximum absolute atomic E-state index is 13.3. The van der Waals surface area contributed by atoms with Crippen molar-refractivity contribution in [1.82, 2.24) is 0 Å². The minimum atomic E-state index is -0.393. The molecule has 0 fully saturated rings. The van der Waals surface area contributed by atoms with Crippen LogP contribution in [0.15, 0.2) is 18.2 Å². The fourth-order valence-corrected chi connectivity index (χ4v) is 3.43. The number of phenols is 1. The summed E-state index contributed by atoms with van der Waals surface area (Å²) in [4.78, 5) is 26.3. The Kier molecular flexibility index (Phi) is 4.36. The van der Waals surface area contributed by atoms with Crippen LogP contribution in [0, 0.1) is 0 Å². The summed E-state index contributed by atoms with van der Waals surface area (Å²) in [5, 5.41) is 9.88. The van der Waals surface area contributed by atoms with Gasteiger partial charge in [0.1, 0.15) is 23.0 Å². The molecule has 0 aromatic heterocycles. The van der Waals surface area contributed by atoms with Crippen molar-refractivity contribution in [3.63, 3.8) is 0 Å². The minimum absolute atomic E-state index is 0.0104. The standard InChI is InChI=1S/C20H20O6/c1-9(2)15-14(25-4)8-12-17(20(15)26-5)19(23)16-11(18(12)22)6-10(21)7-13(16)24-3/h6-9,21H,1-5H3. The number of carbonyl (C=O) groups excluding carboxylic acids is 2. The zero-order valence-electron chi connectivity index (χ0n) is 15.3. The highest BCUT2D eigenvalue weighted by atomic mass is 16.5. The molecular formula is C20H20O6. The van der Waals surface area contributed by atoms with Gasteiger partial charge in [0, 0.05) is 22.8 Å². The van der Waals surface area contributed by atoms with Crippen molar-refractivity contribution in [3.8, 4) is 23.0 Å². The van der Waals surface area contributed by atoms with E-state index in [2.05, 4.69) is 0 Å². The Labute approximate surface area is 151 Å². The van der Waals surface area contributed by atoms with E-state index in [1.807, 2.05) is 13.8 Å². The van der Waals surface area contributed by atoms with Gasteiger partial charge in [-0.3, -0.25) is 9.59 Å². The predicted octanol–water partition coefficient (Wildman–Crippen LogP) is 3.32. The molecule has 26 heavy (non-hydrogen) atoms. The number of ketones is 2. The molecule has 0 radical (unpaired) electrons. The molecule has 0 amide bonds. The molecular weight excluding hydrogens is 336 g/mol. The Morgan fingerprint density at radius 3 is 1.96 bits per heavy atom. The van der Waals surface area contributed by atoms with Gasteiger partial charge in [0.15, 0.2) is 5.78 Å². The average molecular weight is 356 g/mol. The fourth-order valence-electron chi connectivity index (χ4n) is 3.43. The van der Waals surface area contributed by atoms with E-state index in [-0.39, 0.29) is 45.5 Å². The van der Waals surface area contributed by atoms with Crippen molar-refractivity contribution >= 4 is 11.6 Å². The van der Waals surface area contributed by atoms with Crippen molar-refractivity contribution < 1.29 is 28.9 Å². The van der Waals surface area contributed by atoms with Gasteiger partial charge in [-0.25, -0.2) is 0 Å². The van der Waals surface area contributed by atoms with Crippen LogP contribution < -0.4 is 14.2 Å². The van der Waals surface area contributed by atoms with Gasteiger partial charge in [-0.2, -0.15) is 0 Å². The molecule has 2 aromatic rings. The van der Waals surface area contributed by atoms with E-state index < -0.39 is 5.78 Å². The maximum atomic E-state index is 13.3. The molecule has 0 saturated heterocycles. The number of ether oxygens (including phenoxy) is 3. The number of hydrogen-bond donors (Lipinski definition) is 1. The van der Waals surface area contributed by atoms with E-state index in [9.17, 15) is 14.7 Å². The predicted molar refractivity (Wildman–Crippen MR) is 95.2 cm³/mol. The normalized spacial score (nSPS) is 12.7. The number of benzene rings is 2. The van der Waals surface area contributed by atoms with Crippen LogP contribution in [-0.4, -0.2) is 38.0 Å². The summed E-state index contributed by atoms with van der Waals surface area (Å²) < 4.78 is 16.2. The number of aromatic hydroxyl groups is 1.